The molecule has 0 atom stereocenters. The van der Waals surface area contributed by atoms with Gasteiger partial charge in [-0.05, 0) is 36.4 Å². The summed E-state index contributed by atoms with van der Waals surface area (Å²) in [6.45, 7) is 0. The maximum absolute atomic E-state index is 11.5. The van der Waals surface area contributed by atoms with Gasteiger partial charge in [0.2, 0.25) is 0 Å². The smallest absolute Gasteiger partial charge is 0.337 e. The molecule has 108 valence electrons. The molecule has 5 heteroatoms. The third-order valence-electron chi connectivity index (χ3n) is 2.83. The maximum atomic E-state index is 11.5. The largest absolute Gasteiger partial charge is 0.497 e. The van der Waals surface area contributed by atoms with Crippen molar-refractivity contribution in [2.24, 2.45) is 0 Å². The zero-order valence-corrected chi connectivity index (χ0v) is 11.7. The van der Waals surface area contributed by atoms with Crippen LogP contribution in [0.2, 0.25) is 0 Å². The van der Waals surface area contributed by atoms with E-state index in [1.54, 1.807) is 42.5 Å². The second kappa shape index (κ2) is 6.56. The molecule has 0 saturated heterocycles. The number of carbonyl (C=O) groups excluding carboxylic acids is 2. The summed E-state index contributed by atoms with van der Waals surface area (Å²) in [7, 11) is 2.83. The van der Waals surface area contributed by atoms with Crippen molar-refractivity contribution in [1.82, 2.24) is 0 Å². The highest BCUT2D eigenvalue weighted by Gasteiger charge is 2.09. The lowest BCUT2D eigenvalue weighted by atomic mass is 10.2. The van der Waals surface area contributed by atoms with Crippen LogP contribution in [0.5, 0.6) is 17.2 Å². The van der Waals surface area contributed by atoms with Gasteiger partial charge in [0.15, 0.2) is 6.29 Å². The number of rotatable bonds is 5. The third kappa shape index (κ3) is 3.39. The molecule has 2 aromatic rings. The van der Waals surface area contributed by atoms with Crippen molar-refractivity contribution in [3.63, 3.8) is 0 Å². The Balaban J connectivity index is 2.29. The molecule has 0 N–H and O–H groups in total. The fourth-order valence-electron chi connectivity index (χ4n) is 1.77. The van der Waals surface area contributed by atoms with Gasteiger partial charge in [-0.15, -0.1) is 0 Å². The average molecular weight is 286 g/mol. The van der Waals surface area contributed by atoms with E-state index in [-0.39, 0.29) is 0 Å². The second-order valence-electron chi connectivity index (χ2n) is 4.14. The van der Waals surface area contributed by atoms with Gasteiger partial charge in [-0.25, -0.2) is 4.79 Å². The van der Waals surface area contributed by atoms with Crippen molar-refractivity contribution < 1.29 is 23.8 Å². The lowest BCUT2D eigenvalue weighted by molar-refractivity contribution is 0.0600. The van der Waals surface area contributed by atoms with E-state index < -0.39 is 5.97 Å². The van der Waals surface area contributed by atoms with Gasteiger partial charge in [-0.3, -0.25) is 4.79 Å². The number of hydrogen-bond donors (Lipinski definition) is 0. The van der Waals surface area contributed by atoms with Crippen LogP contribution in [0.3, 0.4) is 0 Å². The lowest BCUT2D eigenvalue weighted by Crippen LogP contribution is -2.01. The van der Waals surface area contributed by atoms with Crippen molar-refractivity contribution in [3.8, 4) is 17.2 Å². The molecule has 2 rings (SSSR count). The molecule has 0 bridgehead atoms. The summed E-state index contributed by atoms with van der Waals surface area (Å²) in [5, 5.41) is 0. The first kappa shape index (κ1) is 14.6. The van der Waals surface area contributed by atoms with Crippen LogP contribution in [0.4, 0.5) is 0 Å². The molecule has 5 nitrogen and oxygen atoms in total. The molecule has 0 amide bonds. The van der Waals surface area contributed by atoms with Crippen molar-refractivity contribution in [1.29, 1.82) is 0 Å². The summed E-state index contributed by atoms with van der Waals surface area (Å²) >= 11 is 0. The molecule has 0 heterocycles. The number of ether oxygens (including phenoxy) is 3. The van der Waals surface area contributed by atoms with E-state index in [1.807, 2.05) is 0 Å². The van der Waals surface area contributed by atoms with E-state index in [4.69, 9.17) is 9.47 Å². The van der Waals surface area contributed by atoms with Gasteiger partial charge >= 0.3 is 5.97 Å². The van der Waals surface area contributed by atoms with Crippen LogP contribution in [0.25, 0.3) is 0 Å². The second-order valence-corrected chi connectivity index (χ2v) is 4.14. The predicted molar refractivity (Wildman–Crippen MR) is 76.2 cm³/mol. The third-order valence-corrected chi connectivity index (χ3v) is 2.83. The number of aldehydes is 1. The van der Waals surface area contributed by atoms with Crippen molar-refractivity contribution in [2.45, 2.75) is 0 Å². The van der Waals surface area contributed by atoms with Gasteiger partial charge < -0.3 is 14.2 Å². The van der Waals surface area contributed by atoms with Gasteiger partial charge in [0.25, 0.3) is 0 Å². The Labute approximate surface area is 122 Å². The zero-order valence-electron chi connectivity index (χ0n) is 11.7. The van der Waals surface area contributed by atoms with Crippen molar-refractivity contribution >= 4 is 12.3 Å². The summed E-state index contributed by atoms with van der Waals surface area (Å²) < 4.78 is 15.3. The molecule has 0 radical (unpaired) electrons. The van der Waals surface area contributed by atoms with Crippen LogP contribution in [0.1, 0.15) is 20.7 Å². The summed E-state index contributed by atoms with van der Waals surface area (Å²) in [5.74, 6) is 0.928. The van der Waals surface area contributed by atoms with E-state index >= 15 is 0 Å². The Morgan fingerprint density at radius 1 is 1.05 bits per heavy atom. The molecule has 0 aliphatic heterocycles. The van der Waals surface area contributed by atoms with Crippen LogP contribution in [-0.4, -0.2) is 26.5 Å². The van der Waals surface area contributed by atoms with E-state index in [2.05, 4.69) is 4.74 Å². The molecule has 0 fully saturated rings. The number of benzene rings is 2. The maximum Gasteiger partial charge on any atom is 0.337 e. The summed E-state index contributed by atoms with van der Waals surface area (Å²) in [6, 6.07) is 11.4. The quantitative estimate of drug-likeness (QED) is 0.624. The molecule has 0 saturated carbocycles. The standard InChI is InChI=1S/C16H14O5/c1-19-13-6-7-15(12(9-13)10-17)21-14-5-3-4-11(8-14)16(18)20-2/h3-10H,1-2H3. The summed E-state index contributed by atoms with van der Waals surface area (Å²) in [5.41, 5.74) is 0.731. The highest BCUT2D eigenvalue weighted by atomic mass is 16.5. The van der Waals surface area contributed by atoms with E-state index in [1.165, 1.54) is 14.2 Å². The Bertz CT molecular complexity index is 663. The summed E-state index contributed by atoms with van der Waals surface area (Å²) in [6.07, 6.45) is 0.683. The van der Waals surface area contributed by atoms with E-state index in [9.17, 15) is 9.59 Å². The van der Waals surface area contributed by atoms with Gasteiger partial charge in [0.05, 0.1) is 25.3 Å². The molecule has 2 aromatic carbocycles. The molecule has 0 unspecified atom stereocenters. The zero-order chi connectivity index (χ0) is 15.2. The monoisotopic (exact) mass is 286 g/mol. The highest BCUT2D eigenvalue weighted by molar-refractivity contribution is 5.89. The Morgan fingerprint density at radius 3 is 2.52 bits per heavy atom. The van der Waals surface area contributed by atoms with Gasteiger partial charge in [-0.2, -0.15) is 0 Å². The van der Waals surface area contributed by atoms with E-state index in [0.29, 0.717) is 34.7 Å². The normalized spacial score (nSPS) is 9.81. The molecule has 0 aliphatic carbocycles. The SMILES string of the molecule is COC(=O)c1cccc(Oc2ccc(OC)cc2C=O)c1. The molecule has 21 heavy (non-hydrogen) atoms. The minimum Gasteiger partial charge on any atom is -0.497 e. The molecule has 0 aliphatic rings. The van der Waals surface area contributed by atoms with E-state index in [0.717, 1.165) is 0 Å². The number of carbonyl (C=O) groups is 2. The minimum atomic E-state index is -0.453. The average Bonchev–Trinajstić information content (AvgIpc) is 2.54. The Hall–Kier alpha value is -2.82. The van der Waals surface area contributed by atoms with Crippen LogP contribution in [-0.2, 0) is 4.74 Å². The number of esters is 1. The Morgan fingerprint density at radius 2 is 1.86 bits per heavy atom. The lowest BCUT2D eigenvalue weighted by Gasteiger charge is -2.10. The van der Waals surface area contributed by atoms with Crippen LogP contribution in [0.15, 0.2) is 42.5 Å². The first-order chi connectivity index (χ1) is 10.2. The topological polar surface area (TPSA) is 61.8 Å². The molecular formula is C16H14O5. The highest BCUT2D eigenvalue weighted by Crippen LogP contribution is 2.28. The van der Waals surface area contributed by atoms with Crippen LogP contribution < -0.4 is 9.47 Å². The number of hydrogen-bond acceptors (Lipinski definition) is 5. The Kier molecular flexibility index (Phi) is 4.56. The molecular weight excluding hydrogens is 272 g/mol. The molecule has 0 aromatic heterocycles. The molecule has 0 spiro atoms. The van der Waals surface area contributed by atoms with Crippen molar-refractivity contribution in [2.75, 3.05) is 14.2 Å². The van der Waals surface area contributed by atoms with Crippen LogP contribution in [0, 0.1) is 0 Å². The fourth-order valence-corrected chi connectivity index (χ4v) is 1.77. The first-order valence-electron chi connectivity index (χ1n) is 6.17. The van der Waals surface area contributed by atoms with Gasteiger partial charge in [0, 0.05) is 0 Å². The van der Waals surface area contributed by atoms with Crippen molar-refractivity contribution in [3.05, 3.63) is 53.6 Å². The fraction of sp³-hybridized carbons (Fsp3) is 0.125. The predicted octanol–water partition coefficient (Wildman–Crippen LogP) is 3.09. The summed E-state index contributed by atoms with van der Waals surface area (Å²) in [4.78, 5) is 22.6. The van der Waals surface area contributed by atoms with Gasteiger partial charge in [-0.1, -0.05) is 6.07 Å². The minimum absolute atomic E-state index is 0.359. The van der Waals surface area contributed by atoms with Crippen LogP contribution >= 0.6 is 0 Å². The first-order valence-corrected chi connectivity index (χ1v) is 6.17. The number of methoxy groups -OCH3 is 2. The van der Waals surface area contributed by atoms with Gasteiger partial charge in [0.1, 0.15) is 17.2 Å².